The second-order valence-corrected chi connectivity index (χ2v) is 17.9. The average Bonchev–Trinajstić information content (AvgIpc) is 3.85. The molecule has 3 aromatic carbocycles. The number of aromatic carboxylic acids is 1. The standard InChI is InChI=1S/C34H32N10O11S3/c1-34(2,3)30-29(38-39-31-21(18-35)19-36-43(31)26-17-25(57(49,50)51)13-14-27(26)58(52,53)54)32-37-28(40-44(32)41-30)8-5-15-55-23-11-9-22(10-12-23)42-56(47,48)24-7-4-6-20(16-24)33(45)46/h4,6-7,9-14,16-17,19,41-42H,5,8,15H2,1-3H3,(H,45,46)(H,49,50,51)(H,52,53,54). The van der Waals surface area contributed by atoms with Gasteiger partial charge in [0.25, 0.3) is 30.3 Å². The lowest BCUT2D eigenvalue weighted by Gasteiger charge is -2.16. The lowest BCUT2D eigenvalue weighted by Crippen LogP contribution is -2.13. The molecule has 0 spiro atoms. The largest absolute Gasteiger partial charge is 0.494 e. The number of ether oxygens (including phenoxy) is 1. The fourth-order valence-corrected chi connectivity index (χ4v) is 7.72. The molecule has 58 heavy (non-hydrogen) atoms. The van der Waals surface area contributed by atoms with Crippen molar-refractivity contribution in [1.82, 2.24) is 29.6 Å². The van der Waals surface area contributed by atoms with Gasteiger partial charge in [0.2, 0.25) is 5.65 Å². The normalized spacial score (nSPS) is 12.6. The zero-order valence-corrected chi connectivity index (χ0v) is 32.9. The molecule has 302 valence electrons. The lowest BCUT2D eigenvalue weighted by atomic mass is 9.91. The Bertz CT molecular complexity index is 2980. The molecule has 24 heteroatoms. The van der Waals surface area contributed by atoms with E-state index in [9.17, 15) is 49.5 Å². The molecule has 5 N–H and O–H groups in total. The van der Waals surface area contributed by atoms with Crippen molar-refractivity contribution < 1.29 is 49.0 Å². The molecule has 21 nitrogen and oxygen atoms in total. The van der Waals surface area contributed by atoms with Gasteiger partial charge in [-0.2, -0.15) is 31.8 Å². The van der Waals surface area contributed by atoms with E-state index in [1.165, 1.54) is 35.0 Å². The van der Waals surface area contributed by atoms with Gasteiger partial charge >= 0.3 is 5.97 Å². The van der Waals surface area contributed by atoms with E-state index in [-0.39, 0.29) is 45.5 Å². The van der Waals surface area contributed by atoms with Crippen LogP contribution in [0.5, 0.6) is 5.75 Å². The van der Waals surface area contributed by atoms with Crippen LogP contribution in [-0.4, -0.2) is 81.6 Å². The number of sulfonamides is 1. The first-order valence-electron chi connectivity index (χ1n) is 16.7. The monoisotopic (exact) mass is 852 g/mol. The van der Waals surface area contributed by atoms with Crippen molar-refractivity contribution in [2.24, 2.45) is 10.2 Å². The maximum atomic E-state index is 12.8. The molecular weight excluding hydrogens is 821 g/mol. The van der Waals surface area contributed by atoms with Crippen LogP contribution in [0.1, 0.15) is 54.6 Å². The molecule has 0 unspecified atom stereocenters. The number of hydrogen-bond donors (Lipinski definition) is 5. The van der Waals surface area contributed by atoms with Crippen LogP contribution in [-0.2, 0) is 42.1 Å². The summed E-state index contributed by atoms with van der Waals surface area (Å²) >= 11 is 0. The van der Waals surface area contributed by atoms with E-state index in [0.29, 0.717) is 30.1 Å². The SMILES string of the molecule is CC(C)(C)c1[nH]n2nc(CCCOc3ccc(NS(=O)(=O)c4cccc(C(=O)O)c4)cc3)nc2c1N=Nc1c(C#N)cnn1-c1cc(S(=O)(=O)O)ccc1S(=O)(=O)O. The average molecular weight is 853 g/mol. The van der Waals surface area contributed by atoms with Crippen molar-refractivity contribution in [1.29, 1.82) is 5.26 Å². The van der Waals surface area contributed by atoms with Gasteiger partial charge in [-0.05, 0) is 67.1 Å². The molecule has 6 rings (SSSR count). The summed E-state index contributed by atoms with van der Waals surface area (Å²) in [5.41, 5.74) is -0.291. The molecule has 3 heterocycles. The predicted molar refractivity (Wildman–Crippen MR) is 203 cm³/mol. The van der Waals surface area contributed by atoms with E-state index < -0.39 is 57.1 Å². The maximum absolute atomic E-state index is 12.8. The molecule has 0 fully saturated rings. The molecule has 0 atom stereocenters. The summed E-state index contributed by atoms with van der Waals surface area (Å²) in [6.07, 6.45) is 1.82. The number of hydrogen-bond acceptors (Lipinski definition) is 14. The van der Waals surface area contributed by atoms with E-state index in [1.54, 1.807) is 12.1 Å². The number of aromatic amines is 1. The zero-order valence-electron chi connectivity index (χ0n) is 30.5. The maximum Gasteiger partial charge on any atom is 0.335 e. The molecular formula is C34H32N10O11S3. The van der Waals surface area contributed by atoms with Crippen LogP contribution in [0.3, 0.4) is 0 Å². The number of nitrogens with one attached hydrogen (secondary N) is 2. The number of carboxylic acid groups (broad SMARTS) is 1. The number of nitriles is 1. The Balaban J connectivity index is 1.19. The number of nitrogens with zero attached hydrogens (tertiary/aromatic N) is 8. The van der Waals surface area contributed by atoms with Crippen molar-refractivity contribution in [3.8, 4) is 17.5 Å². The van der Waals surface area contributed by atoms with Crippen LogP contribution < -0.4 is 9.46 Å². The summed E-state index contributed by atoms with van der Waals surface area (Å²) in [4.78, 5) is 14.1. The number of rotatable bonds is 14. The number of azo groups is 1. The number of anilines is 1. The first-order valence-corrected chi connectivity index (χ1v) is 21.1. The molecule has 0 bridgehead atoms. The number of carbonyl (C=O) groups is 1. The van der Waals surface area contributed by atoms with Gasteiger partial charge in [0.1, 0.15) is 22.3 Å². The van der Waals surface area contributed by atoms with Crippen molar-refractivity contribution in [3.63, 3.8) is 0 Å². The summed E-state index contributed by atoms with van der Waals surface area (Å²) in [5.74, 6) is -0.755. The second-order valence-electron chi connectivity index (χ2n) is 13.4. The highest BCUT2D eigenvalue weighted by Crippen LogP contribution is 2.36. The van der Waals surface area contributed by atoms with E-state index in [0.717, 1.165) is 35.1 Å². The highest BCUT2D eigenvalue weighted by molar-refractivity contribution is 7.92. The number of benzene rings is 3. The zero-order chi connectivity index (χ0) is 42.2. The van der Waals surface area contributed by atoms with Crippen molar-refractivity contribution in [2.45, 2.75) is 53.7 Å². The van der Waals surface area contributed by atoms with Gasteiger partial charge in [-0.15, -0.1) is 15.3 Å². The van der Waals surface area contributed by atoms with Crippen LogP contribution in [0.25, 0.3) is 11.3 Å². The van der Waals surface area contributed by atoms with Gasteiger partial charge in [-0.1, -0.05) is 26.8 Å². The Morgan fingerprint density at radius 3 is 2.33 bits per heavy atom. The highest BCUT2D eigenvalue weighted by atomic mass is 32.2. The summed E-state index contributed by atoms with van der Waals surface area (Å²) in [6.45, 7) is 5.86. The number of H-pyrrole nitrogens is 1. The van der Waals surface area contributed by atoms with E-state index in [4.69, 9.17) is 4.74 Å². The fourth-order valence-electron chi connectivity index (χ4n) is 5.46. The van der Waals surface area contributed by atoms with Gasteiger partial charge in [-0.3, -0.25) is 18.9 Å². The Kier molecular flexibility index (Phi) is 10.9. The summed E-state index contributed by atoms with van der Waals surface area (Å²) in [5, 5.41) is 39.2. The Labute approximate surface area is 330 Å². The van der Waals surface area contributed by atoms with Crippen LogP contribution in [0.4, 0.5) is 17.2 Å². The summed E-state index contributed by atoms with van der Waals surface area (Å²) in [7, 11) is -13.9. The van der Waals surface area contributed by atoms with Crippen molar-refractivity contribution >= 4 is 59.1 Å². The topological polar surface area (TPSA) is 314 Å². The van der Waals surface area contributed by atoms with Crippen LogP contribution in [0.15, 0.2) is 97.8 Å². The van der Waals surface area contributed by atoms with Crippen LogP contribution in [0.2, 0.25) is 0 Å². The molecule has 0 saturated carbocycles. The molecule has 6 aromatic rings. The number of fused-ring (bicyclic) bond motifs is 1. The summed E-state index contributed by atoms with van der Waals surface area (Å²) in [6, 6.07) is 15.2. The smallest absolute Gasteiger partial charge is 0.335 e. The van der Waals surface area contributed by atoms with E-state index in [2.05, 4.69) is 35.2 Å². The van der Waals surface area contributed by atoms with Crippen LogP contribution in [0, 0.1) is 11.3 Å². The molecule has 0 amide bonds. The molecule has 0 aliphatic rings. The van der Waals surface area contributed by atoms with Crippen molar-refractivity contribution in [2.75, 3.05) is 11.3 Å². The minimum atomic E-state index is -4.98. The lowest BCUT2D eigenvalue weighted by molar-refractivity contribution is 0.0696. The van der Waals surface area contributed by atoms with Crippen molar-refractivity contribution in [3.05, 3.63) is 95.6 Å². The first kappa shape index (κ1) is 41.1. The van der Waals surface area contributed by atoms with Gasteiger partial charge in [0.05, 0.1) is 39.5 Å². The molecule has 0 saturated heterocycles. The minimum Gasteiger partial charge on any atom is -0.494 e. The predicted octanol–water partition coefficient (Wildman–Crippen LogP) is 4.83. The molecule has 0 aliphatic carbocycles. The Morgan fingerprint density at radius 1 is 0.966 bits per heavy atom. The molecule has 3 aromatic heterocycles. The van der Waals surface area contributed by atoms with Gasteiger partial charge in [0.15, 0.2) is 17.3 Å². The number of carboxylic acids is 1. The molecule has 0 radical (unpaired) electrons. The van der Waals surface area contributed by atoms with Gasteiger partial charge in [-0.25, -0.2) is 22.9 Å². The highest BCUT2D eigenvalue weighted by Gasteiger charge is 2.28. The third-order valence-corrected chi connectivity index (χ3v) is 11.4. The molecule has 0 aliphatic heterocycles. The first-order chi connectivity index (χ1) is 27.2. The van der Waals surface area contributed by atoms with Gasteiger partial charge in [0, 0.05) is 17.5 Å². The van der Waals surface area contributed by atoms with E-state index in [1.807, 2.05) is 26.8 Å². The minimum absolute atomic E-state index is 0.169. The third-order valence-electron chi connectivity index (χ3n) is 8.22. The van der Waals surface area contributed by atoms with Crippen LogP contribution >= 0.6 is 0 Å². The third kappa shape index (κ3) is 8.87. The second kappa shape index (κ2) is 15.4. The summed E-state index contributed by atoms with van der Waals surface area (Å²) < 4.78 is 104. The Morgan fingerprint density at radius 2 is 1.69 bits per heavy atom. The van der Waals surface area contributed by atoms with E-state index >= 15 is 0 Å². The number of aromatic nitrogens is 6. The van der Waals surface area contributed by atoms with Gasteiger partial charge < -0.3 is 9.84 Å². The Hall–Kier alpha value is -6.52. The number of aryl methyl sites for hydroxylation is 1. The quantitative estimate of drug-likeness (QED) is 0.0557. The fraction of sp³-hybridized carbons (Fsp3) is 0.206.